The highest BCUT2D eigenvalue weighted by Crippen LogP contribution is 2.23. The van der Waals surface area contributed by atoms with E-state index in [-0.39, 0.29) is 15.7 Å². The van der Waals surface area contributed by atoms with Crippen molar-refractivity contribution in [1.29, 1.82) is 0 Å². The summed E-state index contributed by atoms with van der Waals surface area (Å²) in [7, 11) is 0. The Morgan fingerprint density at radius 2 is 1.81 bits per heavy atom. The van der Waals surface area contributed by atoms with E-state index in [1.807, 2.05) is 0 Å². The Kier molecular flexibility index (Phi) is 4.27. The zero-order chi connectivity index (χ0) is 15.6. The summed E-state index contributed by atoms with van der Waals surface area (Å²) in [4.78, 5) is 21.7. The number of benzene rings is 2. The van der Waals surface area contributed by atoms with Gasteiger partial charge < -0.3 is 5.32 Å². The molecule has 5 nitrogen and oxygen atoms in total. The van der Waals surface area contributed by atoms with E-state index < -0.39 is 28.2 Å². The lowest BCUT2D eigenvalue weighted by atomic mass is 10.2. The minimum atomic E-state index is -0.998. The molecular weight excluding hydrogens is 350 g/mol. The number of carbonyl (C=O) groups is 1. The molecule has 0 radical (unpaired) electrons. The Hall–Kier alpha value is -2.35. The number of hydrogen-bond donors (Lipinski definition) is 1. The molecule has 2 aromatic rings. The molecule has 21 heavy (non-hydrogen) atoms. The Morgan fingerprint density at radius 3 is 2.43 bits per heavy atom. The summed E-state index contributed by atoms with van der Waals surface area (Å²) in [6.45, 7) is 0. The van der Waals surface area contributed by atoms with E-state index in [1.165, 1.54) is 18.2 Å². The van der Waals surface area contributed by atoms with Crippen LogP contribution in [0.3, 0.4) is 0 Å². The lowest BCUT2D eigenvalue weighted by molar-refractivity contribution is -0.387. The normalized spacial score (nSPS) is 10.2. The molecule has 1 N–H and O–H groups in total. The molecule has 108 valence electrons. The molecule has 0 saturated carbocycles. The summed E-state index contributed by atoms with van der Waals surface area (Å²) in [5.41, 5.74) is -0.531. The monoisotopic (exact) mass is 356 g/mol. The number of hydrogen-bond acceptors (Lipinski definition) is 3. The van der Waals surface area contributed by atoms with Crippen molar-refractivity contribution in [3.05, 3.63) is 68.2 Å². The molecule has 0 unspecified atom stereocenters. The number of anilines is 1. The quantitative estimate of drug-likeness (QED) is 0.669. The molecule has 0 aliphatic heterocycles. The summed E-state index contributed by atoms with van der Waals surface area (Å²) in [5, 5.41) is 13.0. The van der Waals surface area contributed by atoms with Crippen LogP contribution in [0.15, 0.2) is 40.9 Å². The first kappa shape index (κ1) is 15.0. The third-order valence-electron chi connectivity index (χ3n) is 2.58. The van der Waals surface area contributed by atoms with Crippen LogP contribution in [-0.2, 0) is 0 Å². The second-order valence-corrected chi connectivity index (χ2v) is 4.86. The summed E-state index contributed by atoms with van der Waals surface area (Å²) in [6.07, 6.45) is 0. The standard InChI is InChI=1S/C13H7BrF2N2O3/c14-9-5-7(1-3-10(9)15)13(19)17-8-2-4-11(16)12(6-8)18(20)21/h1-6H,(H,17,19). The molecule has 2 aromatic carbocycles. The van der Waals surface area contributed by atoms with Gasteiger partial charge in [-0.25, -0.2) is 4.39 Å². The smallest absolute Gasteiger partial charge is 0.306 e. The van der Waals surface area contributed by atoms with Gasteiger partial charge in [-0.3, -0.25) is 14.9 Å². The summed E-state index contributed by atoms with van der Waals surface area (Å²) >= 11 is 2.95. The zero-order valence-corrected chi connectivity index (χ0v) is 11.9. The topological polar surface area (TPSA) is 72.2 Å². The van der Waals surface area contributed by atoms with Gasteiger partial charge in [0.1, 0.15) is 5.82 Å². The predicted molar refractivity (Wildman–Crippen MR) is 75.1 cm³/mol. The van der Waals surface area contributed by atoms with E-state index >= 15 is 0 Å². The van der Waals surface area contributed by atoms with Crippen LogP contribution < -0.4 is 5.32 Å². The molecule has 0 bridgehead atoms. The highest BCUT2D eigenvalue weighted by atomic mass is 79.9. The van der Waals surface area contributed by atoms with Crippen LogP contribution in [0, 0.1) is 21.7 Å². The first-order valence-electron chi connectivity index (χ1n) is 5.59. The molecule has 0 aliphatic rings. The molecule has 2 rings (SSSR count). The van der Waals surface area contributed by atoms with Crippen molar-refractivity contribution in [3.63, 3.8) is 0 Å². The van der Waals surface area contributed by atoms with Crippen LogP contribution in [0.4, 0.5) is 20.2 Å². The van der Waals surface area contributed by atoms with Crippen molar-refractivity contribution in [2.75, 3.05) is 5.32 Å². The van der Waals surface area contributed by atoms with Gasteiger partial charge in [-0.05, 0) is 46.3 Å². The Balaban J connectivity index is 2.25. The average molecular weight is 357 g/mol. The maximum Gasteiger partial charge on any atom is 0.306 e. The van der Waals surface area contributed by atoms with Crippen molar-refractivity contribution in [2.45, 2.75) is 0 Å². The highest BCUT2D eigenvalue weighted by molar-refractivity contribution is 9.10. The van der Waals surface area contributed by atoms with E-state index in [2.05, 4.69) is 21.2 Å². The molecule has 0 atom stereocenters. The molecule has 0 heterocycles. The fourth-order valence-corrected chi connectivity index (χ4v) is 1.95. The average Bonchev–Trinajstić information content (AvgIpc) is 2.43. The highest BCUT2D eigenvalue weighted by Gasteiger charge is 2.16. The van der Waals surface area contributed by atoms with Crippen LogP contribution in [0.1, 0.15) is 10.4 Å². The van der Waals surface area contributed by atoms with Gasteiger partial charge in [0.15, 0.2) is 0 Å². The number of amides is 1. The molecule has 8 heteroatoms. The number of rotatable bonds is 3. The van der Waals surface area contributed by atoms with E-state index in [0.29, 0.717) is 0 Å². The molecule has 1 amide bonds. The Morgan fingerprint density at radius 1 is 1.14 bits per heavy atom. The maximum absolute atomic E-state index is 13.2. The summed E-state index contributed by atoms with van der Waals surface area (Å²) in [5.74, 6) is -2.12. The molecular formula is C13H7BrF2N2O3. The third-order valence-corrected chi connectivity index (χ3v) is 3.19. The minimum Gasteiger partial charge on any atom is -0.322 e. The van der Waals surface area contributed by atoms with Crippen LogP contribution in [-0.4, -0.2) is 10.8 Å². The molecule has 0 saturated heterocycles. The number of carbonyl (C=O) groups excluding carboxylic acids is 1. The zero-order valence-electron chi connectivity index (χ0n) is 10.3. The predicted octanol–water partition coefficient (Wildman–Crippen LogP) is 3.89. The lowest BCUT2D eigenvalue weighted by Gasteiger charge is -2.06. The van der Waals surface area contributed by atoms with Gasteiger partial charge in [-0.2, -0.15) is 4.39 Å². The van der Waals surface area contributed by atoms with Gasteiger partial charge in [-0.15, -0.1) is 0 Å². The Labute approximate surface area is 125 Å². The van der Waals surface area contributed by atoms with Crippen LogP contribution >= 0.6 is 15.9 Å². The number of nitrogens with one attached hydrogen (secondary N) is 1. The number of halogens is 3. The van der Waals surface area contributed by atoms with Crippen molar-refractivity contribution >= 4 is 33.2 Å². The Bertz CT molecular complexity index is 737. The van der Waals surface area contributed by atoms with Gasteiger partial charge in [-0.1, -0.05) is 0 Å². The van der Waals surface area contributed by atoms with Crippen LogP contribution in [0.5, 0.6) is 0 Å². The van der Waals surface area contributed by atoms with Gasteiger partial charge in [0.2, 0.25) is 5.82 Å². The maximum atomic E-state index is 13.2. The largest absolute Gasteiger partial charge is 0.322 e. The van der Waals surface area contributed by atoms with E-state index in [1.54, 1.807) is 0 Å². The first-order valence-corrected chi connectivity index (χ1v) is 6.38. The minimum absolute atomic E-state index is 0.0635. The number of nitro groups is 1. The third kappa shape index (κ3) is 3.40. The van der Waals surface area contributed by atoms with Crippen LogP contribution in [0.25, 0.3) is 0 Å². The SMILES string of the molecule is O=C(Nc1ccc(F)c([N+](=O)[O-])c1)c1ccc(F)c(Br)c1. The van der Waals surface area contributed by atoms with Crippen LogP contribution in [0.2, 0.25) is 0 Å². The van der Waals surface area contributed by atoms with E-state index in [0.717, 1.165) is 18.2 Å². The molecule has 0 aromatic heterocycles. The van der Waals surface area contributed by atoms with Crippen molar-refractivity contribution in [2.24, 2.45) is 0 Å². The van der Waals surface area contributed by atoms with E-state index in [9.17, 15) is 23.7 Å². The van der Waals surface area contributed by atoms with Gasteiger partial charge in [0.05, 0.1) is 9.40 Å². The van der Waals surface area contributed by atoms with Gasteiger partial charge >= 0.3 is 5.69 Å². The second-order valence-electron chi connectivity index (χ2n) is 4.01. The van der Waals surface area contributed by atoms with Crippen molar-refractivity contribution < 1.29 is 18.5 Å². The molecule has 0 fully saturated rings. The van der Waals surface area contributed by atoms with Gasteiger partial charge in [0, 0.05) is 17.3 Å². The molecule has 0 aliphatic carbocycles. The fourth-order valence-electron chi connectivity index (χ4n) is 1.57. The first-order chi connectivity index (χ1) is 9.88. The van der Waals surface area contributed by atoms with Gasteiger partial charge in [0.25, 0.3) is 5.91 Å². The van der Waals surface area contributed by atoms with E-state index in [4.69, 9.17) is 0 Å². The summed E-state index contributed by atoms with van der Waals surface area (Å²) < 4.78 is 26.4. The second kappa shape index (κ2) is 5.96. The lowest BCUT2D eigenvalue weighted by Crippen LogP contribution is -2.12. The van der Waals surface area contributed by atoms with Crippen molar-refractivity contribution in [3.8, 4) is 0 Å². The fraction of sp³-hybridized carbons (Fsp3) is 0. The summed E-state index contributed by atoms with van der Waals surface area (Å²) in [6, 6.07) is 6.61. The number of nitrogens with zero attached hydrogens (tertiary/aromatic N) is 1. The van der Waals surface area contributed by atoms with Crippen molar-refractivity contribution in [1.82, 2.24) is 0 Å². The number of nitro benzene ring substituents is 1. The molecule has 0 spiro atoms.